The first-order chi connectivity index (χ1) is 15.2. The Morgan fingerprint density at radius 1 is 1.23 bits per heavy atom. The Balaban J connectivity index is 1.61. The van der Waals surface area contributed by atoms with E-state index in [4.69, 9.17) is 4.84 Å². The molecule has 1 amide bonds. The van der Waals surface area contributed by atoms with Gasteiger partial charge in [-0.3, -0.25) is 19.2 Å². The topological polar surface area (TPSA) is 94.8 Å². The monoisotopic (exact) mass is 452 g/mol. The third-order valence-electron chi connectivity index (χ3n) is 4.33. The maximum absolute atomic E-state index is 12.0. The number of carbonyl (C=O) groups excluding carboxylic acids is 1. The molecule has 0 atom stereocenters. The van der Waals surface area contributed by atoms with E-state index in [2.05, 4.69) is 38.6 Å². The predicted octanol–water partition coefficient (Wildman–Crippen LogP) is 4.07. The Labute approximate surface area is 187 Å². The number of thioether (sulfide) groups is 1. The van der Waals surface area contributed by atoms with Crippen molar-refractivity contribution in [3.8, 4) is 17.1 Å². The van der Waals surface area contributed by atoms with Crippen LogP contribution in [0.4, 0.5) is 0 Å². The molecule has 0 unspecified atom stereocenters. The van der Waals surface area contributed by atoms with Gasteiger partial charge in [0.25, 0.3) is 5.91 Å². The highest BCUT2D eigenvalue weighted by Crippen LogP contribution is 2.31. The fourth-order valence-corrected chi connectivity index (χ4v) is 4.61. The number of nitrogens with one attached hydrogen (secondary N) is 1. The van der Waals surface area contributed by atoms with Gasteiger partial charge in [-0.2, -0.15) is 0 Å². The zero-order chi connectivity index (χ0) is 21.6. The van der Waals surface area contributed by atoms with Crippen LogP contribution in [0.2, 0.25) is 0 Å². The summed E-state index contributed by atoms with van der Waals surface area (Å²) in [7, 11) is 0. The number of thiazole rings is 1. The van der Waals surface area contributed by atoms with Crippen LogP contribution in [0.3, 0.4) is 0 Å². The molecule has 0 aliphatic heterocycles. The molecule has 0 aliphatic carbocycles. The maximum Gasteiger partial charge on any atom is 0.294 e. The van der Waals surface area contributed by atoms with Crippen LogP contribution in [-0.4, -0.2) is 37.2 Å². The number of aromatic nitrogens is 5. The second kappa shape index (κ2) is 9.82. The SMILES string of the molecule is CCONC(=O)c1csc(CSc2nnc(-c3cccnc3)n2-c2ccccc2C)n1. The summed E-state index contributed by atoms with van der Waals surface area (Å²) in [5.41, 5.74) is 5.70. The average Bonchev–Trinajstić information content (AvgIpc) is 3.44. The van der Waals surface area contributed by atoms with E-state index >= 15 is 0 Å². The van der Waals surface area contributed by atoms with Gasteiger partial charge in [-0.05, 0) is 37.6 Å². The minimum atomic E-state index is -0.351. The molecule has 10 heteroatoms. The molecule has 0 aliphatic rings. The van der Waals surface area contributed by atoms with Gasteiger partial charge in [0.2, 0.25) is 0 Å². The number of hydrogen-bond acceptors (Lipinski definition) is 8. The smallest absolute Gasteiger partial charge is 0.274 e. The van der Waals surface area contributed by atoms with Gasteiger partial charge in [0.1, 0.15) is 10.7 Å². The van der Waals surface area contributed by atoms with Crippen molar-refractivity contribution in [2.24, 2.45) is 0 Å². The van der Waals surface area contributed by atoms with Crippen LogP contribution in [0.15, 0.2) is 59.3 Å². The van der Waals surface area contributed by atoms with Gasteiger partial charge in [-0.15, -0.1) is 21.5 Å². The first-order valence-corrected chi connectivity index (χ1v) is 11.4. The Kier molecular flexibility index (Phi) is 6.70. The van der Waals surface area contributed by atoms with Crippen molar-refractivity contribution < 1.29 is 9.63 Å². The summed E-state index contributed by atoms with van der Waals surface area (Å²) in [6.45, 7) is 4.25. The molecule has 8 nitrogen and oxygen atoms in total. The molecule has 31 heavy (non-hydrogen) atoms. The van der Waals surface area contributed by atoms with Crippen LogP contribution in [0.25, 0.3) is 17.1 Å². The van der Waals surface area contributed by atoms with Crippen LogP contribution in [0.5, 0.6) is 0 Å². The van der Waals surface area contributed by atoms with Crippen LogP contribution < -0.4 is 5.48 Å². The molecular weight excluding hydrogens is 432 g/mol. The van der Waals surface area contributed by atoms with E-state index in [-0.39, 0.29) is 5.91 Å². The Morgan fingerprint density at radius 2 is 2.10 bits per heavy atom. The number of hydroxylamine groups is 1. The van der Waals surface area contributed by atoms with Gasteiger partial charge >= 0.3 is 0 Å². The normalized spacial score (nSPS) is 10.9. The summed E-state index contributed by atoms with van der Waals surface area (Å²) in [6.07, 6.45) is 3.51. The number of para-hydroxylation sites is 1. The number of rotatable bonds is 8. The lowest BCUT2D eigenvalue weighted by Crippen LogP contribution is -2.23. The molecule has 0 saturated carbocycles. The van der Waals surface area contributed by atoms with Gasteiger partial charge < -0.3 is 0 Å². The Morgan fingerprint density at radius 3 is 2.87 bits per heavy atom. The molecule has 0 spiro atoms. The molecule has 1 N–H and O–H groups in total. The van der Waals surface area contributed by atoms with Crippen molar-refractivity contribution in [1.82, 2.24) is 30.2 Å². The minimum Gasteiger partial charge on any atom is -0.274 e. The first kappa shape index (κ1) is 21.2. The average molecular weight is 453 g/mol. The molecule has 4 rings (SSSR count). The maximum atomic E-state index is 12.0. The van der Waals surface area contributed by atoms with E-state index in [1.54, 1.807) is 24.7 Å². The highest BCUT2D eigenvalue weighted by molar-refractivity contribution is 7.98. The summed E-state index contributed by atoms with van der Waals surface area (Å²) < 4.78 is 2.04. The number of benzene rings is 1. The standard InChI is InChI=1S/C21H20N6O2S2/c1-3-29-26-20(28)16-12-30-18(23-16)13-31-21-25-24-19(15-8-6-10-22-11-15)27(21)17-9-5-4-7-14(17)2/h4-12H,3,13H2,1-2H3,(H,26,28). The lowest BCUT2D eigenvalue weighted by atomic mass is 10.2. The summed E-state index contributed by atoms with van der Waals surface area (Å²) in [5.74, 6) is 0.931. The highest BCUT2D eigenvalue weighted by Gasteiger charge is 2.18. The number of amides is 1. The van der Waals surface area contributed by atoms with Gasteiger partial charge in [-0.25, -0.2) is 10.5 Å². The number of nitrogens with zero attached hydrogens (tertiary/aromatic N) is 5. The van der Waals surface area contributed by atoms with Crippen molar-refractivity contribution in [2.45, 2.75) is 24.8 Å². The predicted molar refractivity (Wildman–Crippen MR) is 120 cm³/mol. The molecule has 0 saturated heterocycles. The molecule has 3 heterocycles. The van der Waals surface area contributed by atoms with Gasteiger partial charge in [-0.1, -0.05) is 30.0 Å². The molecular formula is C21H20N6O2S2. The summed E-state index contributed by atoms with van der Waals surface area (Å²) in [6, 6.07) is 11.9. The molecule has 0 bridgehead atoms. The molecule has 4 aromatic rings. The highest BCUT2D eigenvalue weighted by atomic mass is 32.2. The van der Waals surface area contributed by atoms with Gasteiger partial charge in [0.15, 0.2) is 11.0 Å². The fraction of sp³-hybridized carbons (Fsp3) is 0.190. The fourth-order valence-electron chi connectivity index (χ4n) is 2.87. The lowest BCUT2D eigenvalue weighted by molar-refractivity contribution is 0.0360. The van der Waals surface area contributed by atoms with Gasteiger partial charge in [0, 0.05) is 23.3 Å². The van der Waals surface area contributed by atoms with E-state index in [9.17, 15) is 4.79 Å². The molecule has 158 valence electrons. The van der Waals surface area contributed by atoms with Crippen molar-refractivity contribution in [2.75, 3.05) is 6.61 Å². The molecule has 0 radical (unpaired) electrons. The molecule has 0 fully saturated rings. The second-order valence-corrected chi connectivity index (χ2v) is 8.33. The van der Waals surface area contributed by atoms with E-state index in [0.717, 1.165) is 32.8 Å². The third-order valence-corrected chi connectivity index (χ3v) is 6.30. The van der Waals surface area contributed by atoms with Crippen molar-refractivity contribution >= 4 is 29.0 Å². The van der Waals surface area contributed by atoms with E-state index in [1.807, 2.05) is 34.9 Å². The Bertz CT molecular complexity index is 1180. The van der Waals surface area contributed by atoms with E-state index < -0.39 is 0 Å². The number of aryl methyl sites for hydroxylation is 1. The zero-order valence-corrected chi connectivity index (χ0v) is 18.6. The van der Waals surface area contributed by atoms with Gasteiger partial charge in [0.05, 0.1) is 18.0 Å². The molecule has 1 aromatic carbocycles. The largest absolute Gasteiger partial charge is 0.294 e. The molecule has 3 aromatic heterocycles. The van der Waals surface area contributed by atoms with Crippen LogP contribution >= 0.6 is 23.1 Å². The summed E-state index contributed by atoms with van der Waals surface area (Å²) in [4.78, 5) is 25.6. The first-order valence-electron chi connectivity index (χ1n) is 9.58. The van der Waals surface area contributed by atoms with Crippen LogP contribution in [0.1, 0.15) is 28.0 Å². The third kappa shape index (κ3) is 4.82. The van der Waals surface area contributed by atoms with Crippen molar-refractivity contribution in [3.05, 3.63) is 70.4 Å². The van der Waals surface area contributed by atoms with Crippen LogP contribution in [0, 0.1) is 6.92 Å². The lowest BCUT2D eigenvalue weighted by Gasteiger charge is -2.12. The van der Waals surface area contributed by atoms with E-state index in [1.165, 1.54) is 23.1 Å². The number of pyridine rings is 1. The number of carbonyl (C=O) groups is 1. The quantitative estimate of drug-likeness (QED) is 0.318. The Hall–Kier alpha value is -3.08. The van der Waals surface area contributed by atoms with E-state index in [0.29, 0.717) is 18.1 Å². The summed E-state index contributed by atoms with van der Waals surface area (Å²) >= 11 is 2.94. The zero-order valence-electron chi connectivity index (χ0n) is 17.0. The number of hydrogen-bond donors (Lipinski definition) is 1. The minimum absolute atomic E-state index is 0.338. The second-order valence-electron chi connectivity index (χ2n) is 6.45. The van der Waals surface area contributed by atoms with Crippen molar-refractivity contribution in [1.29, 1.82) is 0 Å². The van der Waals surface area contributed by atoms with Crippen molar-refractivity contribution in [3.63, 3.8) is 0 Å². The van der Waals surface area contributed by atoms with Crippen LogP contribution in [-0.2, 0) is 10.6 Å². The summed E-state index contributed by atoms with van der Waals surface area (Å²) in [5, 5.41) is 12.1.